The maximum atomic E-state index is 6.31. The Kier molecular flexibility index (Phi) is 5.39. The number of nitrogens with one attached hydrogen (secondary N) is 1. The van der Waals surface area contributed by atoms with Crippen molar-refractivity contribution in [3.8, 4) is 0 Å². The number of thioether (sulfide) groups is 1. The maximum absolute atomic E-state index is 6.31. The van der Waals surface area contributed by atoms with Crippen molar-refractivity contribution in [2.24, 2.45) is 7.05 Å². The fraction of sp³-hybridized carbons (Fsp3) is 0.769. The fourth-order valence-corrected chi connectivity index (χ4v) is 4.21. The quantitative estimate of drug-likeness (QED) is 0.900. The highest BCUT2D eigenvalue weighted by atomic mass is 35.5. The van der Waals surface area contributed by atoms with Gasteiger partial charge in [-0.05, 0) is 31.6 Å². The van der Waals surface area contributed by atoms with E-state index in [0.717, 1.165) is 23.7 Å². The number of hydrogen-bond acceptors (Lipinski definition) is 3. The SMILES string of the molecule is CCCNC(c1c(Cl)cnn1C)C1CCCCS1. The number of halogens is 1. The molecule has 1 fully saturated rings. The van der Waals surface area contributed by atoms with Crippen molar-refractivity contribution in [3.63, 3.8) is 0 Å². The summed E-state index contributed by atoms with van der Waals surface area (Å²) in [5, 5.41) is 9.34. The Bertz CT molecular complexity index is 355. The summed E-state index contributed by atoms with van der Waals surface area (Å²) in [7, 11) is 1.98. The molecule has 1 saturated heterocycles. The molecule has 2 heterocycles. The molecular weight excluding hydrogens is 266 g/mol. The molecule has 18 heavy (non-hydrogen) atoms. The first-order valence-electron chi connectivity index (χ1n) is 6.76. The lowest BCUT2D eigenvalue weighted by atomic mass is 10.0. The molecule has 0 saturated carbocycles. The molecule has 0 amide bonds. The first-order chi connectivity index (χ1) is 8.74. The van der Waals surface area contributed by atoms with Crippen LogP contribution in [0.25, 0.3) is 0 Å². The van der Waals surface area contributed by atoms with Crippen LogP contribution >= 0.6 is 23.4 Å². The minimum absolute atomic E-state index is 0.329. The lowest BCUT2D eigenvalue weighted by Crippen LogP contribution is -2.34. The molecular formula is C13H22ClN3S. The molecule has 0 spiro atoms. The lowest BCUT2D eigenvalue weighted by molar-refractivity contribution is 0.454. The molecule has 102 valence electrons. The second kappa shape index (κ2) is 6.83. The molecule has 5 heteroatoms. The molecule has 1 aliphatic rings. The smallest absolute Gasteiger partial charge is 0.0834 e. The van der Waals surface area contributed by atoms with E-state index < -0.39 is 0 Å². The van der Waals surface area contributed by atoms with Crippen molar-refractivity contribution in [1.82, 2.24) is 15.1 Å². The Morgan fingerprint density at radius 3 is 3.00 bits per heavy atom. The van der Waals surface area contributed by atoms with E-state index in [2.05, 4.69) is 29.1 Å². The molecule has 0 aromatic carbocycles. The van der Waals surface area contributed by atoms with Crippen LogP contribution in [0.5, 0.6) is 0 Å². The summed E-state index contributed by atoms with van der Waals surface area (Å²) < 4.78 is 1.92. The van der Waals surface area contributed by atoms with Gasteiger partial charge in [0.2, 0.25) is 0 Å². The lowest BCUT2D eigenvalue weighted by Gasteiger charge is -2.31. The molecule has 3 nitrogen and oxygen atoms in total. The van der Waals surface area contributed by atoms with Crippen LogP contribution in [0.2, 0.25) is 5.02 Å². The monoisotopic (exact) mass is 287 g/mol. The highest BCUT2D eigenvalue weighted by molar-refractivity contribution is 8.00. The molecule has 1 N–H and O–H groups in total. The first-order valence-corrected chi connectivity index (χ1v) is 8.19. The predicted octanol–water partition coefficient (Wildman–Crippen LogP) is 3.40. The Morgan fingerprint density at radius 1 is 1.61 bits per heavy atom. The molecule has 1 aromatic rings. The van der Waals surface area contributed by atoms with Gasteiger partial charge in [0.25, 0.3) is 0 Å². The topological polar surface area (TPSA) is 29.9 Å². The standard InChI is InChI=1S/C13H22ClN3S/c1-3-7-15-12(11-6-4-5-8-18-11)13-10(14)9-16-17(13)2/h9,11-12,15H,3-8H2,1-2H3. The van der Waals surface area contributed by atoms with Crippen LogP contribution in [0.3, 0.4) is 0 Å². The van der Waals surface area contributed by atoms with Gasteiger partial charge in [-0.2, -0.15) is 16.9 Å². The molecule has 1 aliphatic heterocycles. The normalized spacial score (nSPS) is 22.1. The zero-order valence-corrected chi connectivity index (χ0v) is 12.7. The van der Waals surface area contributed by atoms with E-state index in [9.17, 15) is 0 Å². The summed E-state index contributed by atoms with van der Waals surface area (Å²) >= 11 is 8.38. The number of nitrogens with zero attached hydrogens (tertiary/aromatic N) is 2. The Hall–Kier alpha value is -0.190. The highest BCUT2D eigenvalue weighted by Crippen LogP contribution is 2.36. The number of aromatic nitrogens is 2. The van der Waals surface area contributed by atoms with Crippen molar-refractivity contribution in [3.05, 3.63) is 16.9 Å². The van der Waals surface area contributed by atoms with E-state index >= 15 is 0 Å². The van der Waals surface area contributed by atoms with Gasteiger partial charge in [0.05, 0.1) is 23.0 Å². The minimum Gasteiger partial charge on any atom is -0.308 e. The van der Waals surface area contributed by atoms with Crippen LogP contribution in [0.1, 0.15) is 44.3 Å². The van der Waals surface area contributed by atoms with Gasteiger partial charge in [-0.15, -0.1) is 0 Å². The average molecular weight is 288 g/mol. The van der Waals surface area contributed by atoms with Gasteiger partial charge in [0.15, 0.2) is 0 Å². The van der Waals surface area contributed by atoms with Crippen molar-refractivity contribution in [2.75, 3.05) is 12.3 Å². The zero-order chi connectivity index (χ0) is 13.0. The van der Waals surface area contributed by atoms with E-state index in [0.29, 0.717) is 11.3 Å². The van der Waals surface area contributed by atoms with Gasteiger partial charge in [-0.1, -0.05) is 24.9 Å². The average Bonchev–Trinajstić information content (AvgIpc) is 2.72. The van der Waals surface area contributed by atoms with E-state index in [1.54, 1.807) is 6.20 Å². The van der Waals surface area contributed by atoms with Gasteiger partial charge in [0.1, 0.15) is 0 Å². The van der Waals surface area contributed by atoms with Crippen molar-refractivity contribution in [2.45, 2.75) is 43.9 Å². The molecule has 2 unspecified atom stereocenters. The van der Waals surface area contributed by atoms with E-state index in [4.69, 9.17) is 11.6 Å². The minimum atomic E-state index is 0.329. The van der Waals surface area contributed by atoms with Crippen molar-refractivity contribution >= 4 is 23.4 Å². The molecule has 2 rings (SSSR count). The summed E-state index contributed by atoms with van der Waals surface area (Å²) in [4.78, 5) is 0. The molecule has 0 bridgehead atoms. The first kappa shape index (κ1) is 14.2. The van der Waals surface area contributed by atoms with Crippen LogP contribution in [0.4, 0.5) is 0 Å². The van der Waals surface area contributed by atoms with E-state index in [1.165, 1.54) is 25.0 Å². The molecule has 0 aliphatic carbocycles. The van der Waals surface area contributed by atoms with Crippen LogP contribution in [-0.4, -0.2) is 27.3 Å². The van der Waals surface area contributed by atoms with Crippen molar-refractivity contribution < 1.29 is 0 Å². The van der Waals surface area contributed by atoms with Crippen LogP contribution in [0.15, 0.2) is 6.20 Å². The summed E-state index contributed by atoms with van der Waals surface area (Å²) in [6.45, 7) is 3.23. The summed E-state index contributed by atoms with van der Waals surface area (Å²) in [6.07, 6.45) is 6.85. The summed E-state index contributed by atoms with van der Waals surface area (Å²) in [6, 6.07) is 0.329. The molecule has 2 atom stereocenters. The highest BCUT2D eigenvalue weighted by Gasteiger charge is 2.29. The van der Waals surface area contributed by atoms with Gasteiger partial charge >= 0.3 is 0 Å². The second-order valence-electron chi connectivity index (χ2n) is 4.84. The fourth-order valence-electron chi connectivity index (χ4n) is 2.50. The molecule has 1 aromatic heterocycles. The number of hydrogen-bond donors (Lipinski definition) is 1. The largest absolute Gasteiger partial charge is 0.308 e. The predicted molar refractivity (Wildman–Crippen MR) is 79.3 cm³/mol. The van der Waals surface area contributed by atoms with Crippen LogP contribution < -0.4 is 5.32 Å². The van der Waals surface area contributed by atoms with E-state index in [1.807, 2.05) is 11.7 Å². The third-order valence-corrected chi connectivity index (χ3v) is 5.18. The third-order valence-electron chi connectivity index (χ3n) is 3.43. The Labute approximate surface area is 119 Å². The number of rotatable bonds is 5. The third kappa shape index (κ3) is 3.22. The van der Waals surface area contributed by atoms with E-state index in [-0.39, 0.29) is 0 Å². The Morgan fingerprint density at radius 2 is 2.44 bits per heavy atom. The van der Waals surface area contributed by atoms with Gasteiger partial charge in [-0.3, -0.25) is 4.68 Å². The Balaban J connectivity index is 2.18. The maximum Gasteiger partial charge on any atom is 0.0834 e. The molecule has 0 radical (unpaired) electrons. The summed E-state index contributed by atoms with van der Waals surface area (Å²) in [5.41, 5.74) is 1.14. The summed E-state index contributed by atoms with van der Waals surface area (Å²) in [5.74, 6) is 1.27. The second-order valence-corrected chi connectivity index (χ2v) is 6.59. The van der Waals surface area contributed by atoms with Crippen molar-refractivity contribution in [1.29, 1.82) is 0 Å². The van der Waals surface area contributed by atoms with Crippen LogP contribution in [-0.2, 0) is 7.05 Å². The zero-order valence-electron chi connectivity index (χ0n) is 11.2. The van der Waals surface area contributed by atoms with Gasteiger partial charge in [-0.25, -0.2) is 0 Å². The van der Waals surface area contributed by atoms with Gasteiger partial charge in [0, 0.05) is 12.3 Å². The van der Waals surface area contributed by atoms with Gasteiger partial charge < -0.3 is 5.32 Å². The number of aryl methyl sites for hydroxylation is 1. The van der Waals surface area contributed by atoms with Crippen LogP contribution in [0, 0.1) is 0 Å².